The van der Waals surface area contributed by atoms with Crippen LogP contribution in [0.2, 0.25) is 0 Å². The van der Waals surface area contributed by atoms with Crippen molar-refractivity contribution in [3.63, 3.8) is 0 Å². The summed E-state index contributed by atoms with van der Waals surface area (Å²) in [7, 11) is 3.31. The quantitative estimate of drug-likeness (QED) is 0.432. The molecule has 2 aromatic carbocycles. The number of benzene rings is 2. The highest BCUT2D eigenvalue weighted by Gasteiger charge is 2.24. The zero-order chi connectivity index (χ0) is 22.9. The van der Waals surface area contributed by atoms with Crippen LogP contribution in [0.25, 0.3) is 11.1 Å². The second kappa shape index (κ2) is 11.5. The normalized spacial score (nSPS) is 13.8. The molecule has 0 fully saturated rings. The number of methoxy groups -OCH3 is 2. The molecule has 4 bridgehead atoms. The van der Waals surface area contributed by atoms with Crippen molar-refractivity contribution in [2.45, 2.75) is 38.5 Å². The molecule has 0 unspecified atom stereocenters. The highest BCUT2D eigenvalue weighted by atomic mass is 16.5. The van der Waals surface area contributed by atoms with Crippen molar-refractivity contribution in [2.24, 2.45) is 0 Å². The fourth-order valence-corrected chi connectivity index (χ4v) is 4.11. The minimum atomic E-state index is 0.395. The first-order chi connectivity index (χ1) is 15.6. The van der Waals surface area contributed by atoms with Gasteiger partial charge in [0.05, 0.1) is 14.2 Å². The fourth-order valence-electron chi connectivity index (χ4n) is 4.11. The maximum Gasteiger partial charge on any atom is 0.204 e. The Bertz CT molecular complexity index is 974. The molecule has 0 radical (unpaired) electrons. The van der Waals surface area contributed by atoms with Crippen molar-refractivity contribution in [3.8, 4) is 34.1 Å². The van der Waals surface area contributed by atoms with Crippen LogP contribution in [0.3, 0.4) is 0 Å². The maximum absolute atomic E-state index is 6.07. The second-order valence-corrected chi connectivity index (χ2v) is 7.97. The number of allylic oxidation sites excluding steroid dienone is 1. The van der Waals surface area contributed by atoms with Crippen molar-refractivity contribution in [1.82, 2.24) is 0 Å². The Kier molecular flexibility index (Phi) is 8.43. The lowest BCUT2D eigenvalue weighted by Crippen LogP contribution is -2.05. The topological polar surface area (TPSA) is 36.9 Å². The van der Waals surface area contributed by atoms with E-state index in [-0.39, 0.29) is 0 Å². The molecular weight excluding hydrogens is 400 g/mol. The van der Waals surface area contributed by atoms with E-state index >= 15 is 0 Å². The monoisotopic (exact) mass is 434 g/mol. The lowest BCUT2D eigenvalue weighted by Gasteiger charge is -2.22. The van der Waals surface area contributed by atoms with Crippen LogP contribution in [0.4, 0.5) is 0 Å². The molecule has 0 aliphatic heterocycles. The van der Waals surface area contributed by atoms with Gasteiger partial charge in [-0.25, -0.2) is 0 Å². The first kappa shape index (κ1) is 23.5. The van der Waals surface area contributed by atoms with Crippen LogP contribution in [0.15, 0.2) is 61.7 Å². The standard InChI is InChI=1S/C28H34O4/c1-6-16-31-25-15-14-21-13-12-20(3)10-8-9-11-22-19-24(23(25)18-21)27(29-4)28(30-5)26(22)32-17-7-2/h6-7,14-15,18-19H,1-3,8-13,16-17H2,4-5H3. The molecule has 170 valence electrons. The van der Waals surface area contributed by atoms with Gasteiger partial charge in [-0.3, -0.25) is 0 Å². The van der Waals surface area contributed by atoms with Gasteiger partial charge >= 0.3 is 0 Å². The maximum atomic E-state index is 6.07. The van der Waals surface area contributed by atoms with Gasteiger partial charge in [0, 0.05) is 11.1 Å². The van der Waals surface area contributed by atoms with Crippen molar-refractivity contribution >= 4 is 0 Å². The molecule has 0 aromatic heterocycles. The number of fused-ring (bicyclic) bond motifs is 5. The zero-order valence-electron chi connectivity index (χ0n) is 19.4. The van der Waals surface area contributed by atoms with Crippen LogP contribution < -0.4 is 18.9 Å². The highest BCUT2D eigenvalue weighted by Crippen LogP contribution is 2.49. The Morgan fingerprint density at radius 2 is 1.50 bits per heavy atom. The van der Waals surface area contributed by atoms with E-state index in [2.05, 4.69) is 37.9 Å². The minimum Gasteiger partial charge on any atom is -0.492 e. The van der Waals surface area contributed by atoms with Gasteiger partial charge in [-0.2, -0.15) is 0 Å². The Morgan fingerprint density at radius 3 is 2.22 bits per heavy atom. The molecule has 0 spiro atoms. The van der Waals surface area contributed by atoms with E-state index in [9.17, 15) is 0 Å². The lowest BCUT2D eigenvalue weighted by molar-refractivity contribution is 0.305. The number of ether oxygens (including phenoxy) is 4. The van der Waals surface area contributed by atoms with Crippen molar-refractivity contribution < 1.29 is 18.9 Å². The van der Waals surface area contributed by atoms with E-state index in [1.807, 2.05) is 6.07 Å². The van der Waals surface area contributed by atoms with E-state index in [0.717, 1.165) is 61.0 Å². The van der Waals surface area contributed by atoms with Gasteiger partial charge in [-0.05, 0) is 67.9 Å². The molecule has 0 amide bonds. The van der Waals surface area contributed by atoms with Gasteiger partial charge in [0.1, 0.15) is 19.0 Å². The van der Waals surface area contributed by atoms with E-state index in [1.165, 1.54) is 11.1 Å². The molecule has 0 saturated heterocycles. The lowest BCUT2D eigenvalue weighted by atomic mass is 9.95. The summed E-state index contributed by atoms with van der Waals surface area (Å²) in [6.45, 7) is 12.7. The average molecular weight is 435 g/mol. The molecule has 32 heavy (non-hydrogen) atoms. The van der Waals surface area contributed by atoms with E-state index in [1.54, 1.807) is 26.4 Å². The van der Waals surface area contributed by atoms with Crippen molar-refractivity contribution in [1.29, 1.82) is 0 Å². The summed E-state index contributed by atoms with van der Waals surface area (Å²) in [4.78, 5) is 0. The molecule has 1 aliphatic rings. The van der Waals surface area contributed by atoms with Crippen LogP contribution >= 0.6 is 0 Å². The predicted octanol–water partition coefficient (Wildman–Crippen LogP) is 6.72. The Hall–Kier alpha value is -3.14. The van der Waals surface area contributed by atoms with Gasteiger partial charge in [0.15, 0.2) is 11.5 Å². The third kappa shape index (κ3) is 5.37. The zero-order valence-corrected chi connectivity index (χ0v) is 19.4. The Balaban J connectivity index is 2.26. The Labute approximate surface area is 192 Å². The van der Waals surface area contributed by atoms with Crippen molar-refractivity contribution in [2.75, 3.05) is 27.4 Å². The molecule has 0 saturated carbocycles. The summed E-state index contributed by atoms with van der Waals surface area (Å²) in [6.07, 6.45) is 9.45. The Morgan fingerprint density at radius 1 is 0.781 bits per heavy atom. The molecule has 4 heteroatoms. The van der Waals surface area contributed by atoms with Crippen molar-refractivity contribution in [3.05, 3.63) is 72.9 Å². The van der Waals surface area contributed by atoms with E-state index in [0.29, 0.717) is 30.5 Å². The summed E-state index contributed by atoms with van der Waals surface area (Å²) < 4.78 is 23.8. The van der Waals surface area contributed by atoms with Crippen LogP contribution in [0.5, 0.6) is 23.0 Å². The van der Waals surface area contributed by atoms with Gasteiger partial charge in [-0.1, -0.05) is 43.5 Å². The fraction of sp³-hybridized carbons (Fsp3) is 0.357. The van der Waals surface area contributed by atoms with Gasteiger partial charge in [0.25, 0.3) is 0 Å². The summed E-state index contributed by atoms with van der Waals surface area (Å²) >= 11 is 0. The largest absolute Gasteiger partial charge is 0.492 e. The summed E-state index contributed by atoms with van der Waals surface area (Å²) in [5.41, 5.74) is 5.53. The summed E-state index contributed by atoms with van der Waals surface area (Å²) in [5.74, 6) is 2.73. The van der Waals surface area contributed by atoms with Crippen LogP contribution in [-0.2, 0) is 12.8 Å². The smallest absolute Gasteiger partial charge is 0.204 e. The SMILES string of the molecule is C=CCOc1ccc2cc1-c1cc(c(OCC=C)c(OC)c1OC)CCCCC(=C)CC2. The van der Waals surface area contributed by atoms with E-state index < -0.39 is 0 Å². The molecule has 0 heterocycles. The molecular formula is C28H34O4. The molecule has 4 nitrogen and oxygen atoms in total. The summed E-state index contributed by atoms with van der Waals surface area (Å²) in [5, 5.41) is 0. The number of hydrogen-bond donors (Lipinski definition) is 0. The summed E-state index contributed by atoms with van der Waals surface area (Å²) in [6, 6.07) is 8.51. The van der Waals surface area contributed by atoms with Crippen LogP contribution in [-0.4, -0.2) is 27.4 Å². The van der Waals surface area contributed by atoms with Gasteiger partial charge in [-0.15, -0.1) is 0 Å². The van der Waals surface area contributed by atoms with Crippen LogP contribution in [0.1, 0.15) is 36.8 Å². The second-order valence-electron chi connectivity index (χ2n) is 7.97. The molecule has 2 aromatic rings. The third-order valence-electron chi connectivity index (χ3n) is 5.71. The minimum absolute atomic E-state index is 0.395. The first-order valence-corrected chi connectivity index (χ1v) is 11.2. The number of hydrogen-bond acceptors (Lipinski definition) is 4. The third-order valence-corrected chi connectivity index (χ3v) is 5.71. The molecule has 1 aliphatic carbocycles. The van der Waals surface area contributed by atoms with Gasteiger partial charge in [0.2, 0.25) is 5.75 Å². The van der Waals surface area contributed by atoms with Gasteiger partial charge < -0.3 is 18.9 Å². The number of rotatable bonds is 8. The predicted molar refractivity (Wildman–Crippen MR) is 131 cm³/mol. The van der Waals surface area contributed by atoms with Crippen LogP contribution in [0, 0.1) is 0 Å². The molecule has 0 atom stereocenters. The first-order valence-electron chi connectivity index (χ1n) is 11.2. The molecule has 0 N–H and O–H groups in total. The molecule has 3 rings (SSSR count). The number of aryl methyl sites for hydroxylation is 2. The average Bonchev–Trinajstić information content (AvgIpc) is 2.82. The highest BCUT2D eigenvalue weighted by molar-refractivity contribution is 5.82. The van der Waals surface area contributed by atoms with E-state index in [4.69, 9.17) is 18.9 Å².